The van der Waals surface area contributed by atoms with Crippen molar-refractivity contribution in [2.45, 2.75) is 19.9 Å². The van der Waals surface area contributed by atoms with Crippen LogP contribution in [-0.2, 0) is 16.1 Å². The van der Waals surface area contributed by atoms with Crippen LogP contribution in [0.2, 0.25) is 0 Å². The van der Waals surface area contributed by atoms with Crippen molar-refractivity contribution in [2.75, 3.05) is 45.9 Å². The van der Waals surface area contributed by atoms with Gasteiger partial charge in [0.25, 0.3) is 0 Å². The zero-order valence-corrected chi connectivity index (χ0v) is 14.9. The van der Waals surface area contributed by atoms with Gasteiger partial charge >= 0.3 is 6.09 Å². The van der Waals surface area contributed by atoms with Crippen molar-refractivity contribution in [3.05, 3.63) is 35.9 Å². The molecule has 6 heteroatoms. The standard InChI is InChI=1S/C19H27N3O3/c1-2-25-19(24)22-12-10-21(11-13-22)18(23)17-8-9-20(15-17)14-16-6-4-3-5-7-16/h3-7,17H,2,8-15H2,1H3. The number of piperazine rings is 1. The van der Waals surface area contributed by atoms with Crippen LogP contribution in [0.3, 0.4) is 0 Å². The molecule has 3 rings (SSSR count). The van der Waals surface area contributed by atoms with E-state index >= 15 is 0 Å². The lowest BCUT2D eigenvalue weighted by atomic mass is 10.1. The molecule has 2 aliphatic rings. The predicted octanol–water partition coefficient (Wildman–Crippen LogP) is 1.81. The zero-order valence-electron chi connectivity index (χ0n) is 14.9. The summed E-state index contributed by atoms with van der Waals surface area (Å²) in [4.78, 5) is 30.5. The molecule has 1 atom stereocenters. The molecule has 1 aromatic carbocycles. The fourth-order valence-electron chi connectivity index (χ4n) is 3.60. The Hall–Kier alpha value is -2.08. The Morgan fingerprint density at radius 1 is 1.04 bits per heavy atom. The lowest BCUT2D eigenvalue weighted by Gasteiger charge is -2.35. The number of carbonyl (C=O) groups is 2. The van der Waals surface area contributed by atoms with E-state index in [0.717, 1.165) is 26.1 Å². The molecule has 2 aliphatic heterocycles. The number of amides is 2. The van der Waals surface area contributed by atoms with E-state index in [-0.39, 0.29) is 17.9 Å². The van der Waals surface area contributed by atoms with Crippen LogP contribution in [0.4, 0.5) is 4.79 Å². The number of benzene rings is 1. The summed E-state index contributed by atoms with van der Waals surface area (Å²) >= 11 is 0. The van der Waals surface area contributed by atoms with Gasteiger partial charge in [-0.15, -0.1) is 0 Å². The molecule has 2 heterocycles. The summed E-state index contributed by atoms with van der Waals surface area (Å²) in [7, 11) is 0. The molecule has 6 nitrogen and oxygen atoms in total. The number of hydrogen-bond acceptors (Lipinski definition) is 4. The number of likely N-dealkylation sites (tertiary alicyclic amines) is 1. The number of nitrogens with zero attached hydrogens (tertiary/aromatic N) is 3. The number of rotatable bonds is 4. The second kappa shape index (κ2) is 8.34. The van der Waals surface area contributed by atoms with Crippen LogP contribution in [0, 0.1) is 5.92 Å². The van der Waals surface area contributed by atoms with Crippen molar-refractivity contribution >= 4 is 12.0 Å². The summed E-state index contributed by atoms with van der Waals surface area (Å²) in [6, 6.07) is 10.4. The monoisotopic (exact) mass is 345 g/mol. The predicted molar refractivity (Wildman–Crippen MR) is 95.0 cm³/mol. The fourth-order valence-corrected chi connectivity index (χ4v) is 3.60. The second-order valence-corrected chi connectivity index (χ2v) is 6.72. The highest BCUT2D eigenvalue weighted by Crippen LogP contribution is 2.21. The molecule has 1 unspecified atom stereocenters. The summed E-state index contributed by atoms with van der Waals surface area (Å²) in [5.41, 5.74) is 1.29. The van der Waals surface area contributed by atoms with Gasteiger partial charge in [0.2, 0.25) is 5.91 Å². The number of hydrogen-bond donors (Lipinski definition) is 0. The van der Waals surface area contributed by atoms with E-state index in [9.17, 15) is 9.59 Å². The van der Waals surface area contributed by atoms with E-state index in [1.54, 1.807) is 11.8 Å². The van der Waals surface area contributed by atoms with Gasteiger partial charge in [-0.3, -0.25) is 9.69 Å². The molecule has 2 amide bonds. The molecule has 25 heavy (non-hydrogen) atoms. The van der Waals surface area contributed by atoms with E-state index < -0.39 is 0 Å². The van der Waals surface area contributed by atoms with Crippen molar-refractivity contribution in [2.24, 2.45) is 5.92 Å². The van der Waals surface area contributed by atoms with Crippen molar-refractivity contribution in [3.8, 4) is 0 Å². The molecule has 0 aromatic heterocycles. The minimum absolute atomic E-state index is 0.0813. The highest BCUT2D eigenvalue weighted by atomic mass is 16.6. The zero-order chi connectivity index (χ0) is 17.6. The van der Waals surface area contributed by atoms with Crippen molar-refractivity contribution < 1.29 is 14.3 Å². The first-order chi connectivity index (χ1) is 12.2. The Bertz CT molecular complexity index is 585. The molecule has 0 radical (unpaired) electrons. The number of ether oxygens (including phenoxy) is 1. The van der Waals surface area contributed by atoms with Gasteiger partial charge in [-0.2, -0.15) is 0 Å². The van der Waals surface area contributed by atoms with Gasteiger partial charge in [-0.1, -0.05) is 30.3 Å². The molecular weight excluding hydrogens is 318 g/mol. The molecular formula is C19H27N3O3. The van der Waals surface area contributed by atoms with Crippen LogP contribution in [0.5, 0.6) is 0 Å². The van der Waals surface area contributed by atoms with Crippen LogP contribution < -0.4 is 0 Å². The Kier molecular flexibility index (Phi) is 5.91. The highest BCUT2D eigenvalue weighted by Gasteiger charge is 2.33. The van der Waals surface area contributed by atoms with Crippen LogP contribution >= 0.6 is 0 Å². The molecule has 1 aromatic rings. The molecule has 0 bridgehead atoms. The maximum absolute atomic E-state index is 12.8. The third-order valence-corrected chi connectivity index (χ3v) is 4.99. The average Bonchev–Trinajstić information content (AvgIpc) is 3.11. The third kappa shape index (κ3) is 4.51. The molecule has 2 fully saturated rings. The summed E-state index contributed by atoms with van der Waals surface area (Å²) < 4.78 is 5.02. The largest absolute Gasteiger partial charge is 0.450 e. The molecule has 136 valence electrons. The van der Waals surface area contributed by atoms with Gasteiger partial charge in [-0.25, -0.2) is 4.79 Å². The maximum Gasteiger partial charge on any atom is 0.409 e. The average molecular weight is 345 g/mol. The van der Waals surface area contributed by atoms with Gasteiger partial charge < -0.3 is 14.5 Å². The summed E-state index contributed by atoms with van der Waals surface area (Å²) in [5.74, 6) is 0.317. The Morgan fingerprint density at radius 2 is 1.72 bits per heavy atom. The van der Waals surface area contributed by atoms with Crippen LogP contribution in [0.15, 0.2) is 30.3 Å². The third-order valence-electron chi connectivity index (χ3n) is 4.99. The van der Waals surface area contributed by atoms with E-state index in [0.29, 0.717) is 32.8 Å². The minimum atomic E-state index is -0.274. The Labute approximate surface area is 149 Å². The highest BCUT2D eigenvalue weighted by molar-refractivity contribution is 5.80. The van der Waals surface area contributed by atoms with Crippen molar-refractivity contribution in [1.29, 1.82) is 0 Å². The summed E-state index contributed by atoms with van der Waals surface area (Å²) in [6.07, 6.45) is 0.647. The molecule has 0 spiro atoms. The van der Waals surface area contributed by atoms with Crippen LogP contribution in [-0.4, -0.2) is 72.6 Å². The maximum atomic E-state index is 12.8. The molecule has 2 saturated heterocycles. The first-order valence-corrected chi connectivity index (χ1v) is 9.14. The molecule has 0 N–H and O–H groups in total. The lowest BCUT2D eigenvalue weighted by Crippen LogP contribution is -2.52. The van der Waals surface area contributed by atoms with E-state index in [1.165, 1.54) is 5.56 Å². The van der Waals surface area contributed by atoms with Crippen molar-refractivity contribution in [1.82, 2.24) is 14.7 Å². The SMILES string of the molecule is CCOC(=O)N1CCN(C(=O)C2CCN(Cc3ccccc3)C2)CC1. The van der Waals surface area contributed by atoms with Crippen LogP contribution in [0.1, 0.15) is 18.9 Å². The van der Waals surface area contributed by atoms with Crippen molar-refractivity contribution in [3.63, 3.8) is 0 Å². The smallest absolute Gasteiger partial charge is 0.409 e. The first kappa shape index (κ1) is 17.7. The van der Waals surface area contributed by atoms with Gasteiger partial charge in [0.1, 0.15) is 0 Å². The van der Waals surface area contributed by atoms with E-state index in [1.807, 2.05) is 11.0 Å². The van der Waals surface area contributed by atoms with E-state index in [4.69, 9.17) is 4.74 Å². The molecule has 0 saturated carbocycles. The van der Waals surface area contributed by atoms with Gasteiger partial charge in [0, 0.05) is 39.3 Å². The normalized spacial score (nSPS) is 21.4. The quantitative estimate of drug-likeness (QED) is 0.835. The number of carbonyl (C=O) groups excluding carboxylic acids is 2. The summed E-state index contributed by atoms with van der Waals surface area (Å²) in [6.45, 7) is 7.22. The van der Waals surface area contributed by atoms with Crippen LogP contribution in [0.25, 0.3) is 0 Å². The summed E-state index contributed by atoms with van der Waals surface area (Å²) in [5, 5.41) is 0. The Balaban J connectivity index is 1.46. The molecule has 0 aliphatic carbocycles. The second-order valence-electron chi connectivity index (χ2n) is 6.72. The van der Waals surface area contributed by atoms with Gasteiger partial charge in [0.15, 0.2) is 0 Å². The minimum Gasteiger partial charge on any atom is -0.450 e. The lowest BCUT2D eigenvalue weighted by molar-refractivity contribution is -0.136. The topological polar surface area (TPSA) is 53.1 Å². The Morgan fingerprint density at radius 3 is 2.40 bits per heavy atom. The van der Waals surface area contributed by atoms with Gasteiger partial charge in [0.05, 0.1) is 12.5 Å². The fraction of sp³-hybridized carbons (Fsp3) is 0.579. The first-order valence-electron chi connectivity index (χ1n) is 9.14. The van der Waals surface area contributed by atoms with E-state index in [2.05, 4.69) is 29.2 Å². The van der Waals surface area contributed by atoms with Gasteiger partial charge in [-0.05, 0) is 25.5 Å².